The number of hydrogen-bond donors (Lipinski definition) is 0. The molecule has 0 radical (unpaired) electrons. The second-order valence-electron chi connectivity index (χ2n) is 6.06. The van der Waals surface area contributed by atoms with Crippen molar-refractivity contribution < 1.29 is 8.78 Å². The maximum absolute atomic E-state index is 13.1. The minimum absolute atomic E-state index is 0.449. The summed E-state index contributed by atoms with van der Waals surface area (Å²) in [5, 5.41) is 0. The third-order valence-corrected chi connectivity index (χ3v) is 3.62. The van der Waals surface area contributed by atoms with Crippen LogP contribution in [0.2, 0.25) is 0 Å². The van der Waals surface area contributed by atoms with Crippen molar-refractivity contribution in [2.45, 2.75) is 47.5 Å². The van der Waals surface area contributed by atoms with Crippen LogP contribution in [0.5, 0.6) is 0 Å². The van der Waals surface area contributed by atoms with Gasteiger partial charge in [-0.15, -0.1) is 0 Å². The highest BCUT2D eigenvalue weighted by molar-refractivity contribution is 5.41. The summed E-state index contributed by atoms with van der Waals surface area (Å²) in [6.07, 6.45) is 7.35. The minimum atomic E-state index is -1.07. The zero-order chi connectivity index (χ0) is 16.6. The average Bonchev–Trinajstić information content (AvgIpc) is 2.40. The van der Waals surface area contributed by atoms with Gasteiger partial charge in [0.25, 0.3) is 0 Å². The SMILES string of the molecule is C=C(/C=C(/F)C(=C)F)/C(C)=C/C=C(\C)C(C)CCC(C)C. The van der Waals surface area contributed by atoms with E-state index in [1.54, 1.807) is 0 Å². The van der Waals surface area contributed by atoms with Crippen LogP contribution in [-0.4, -0.2) is 0 Å². The lowest BCUT2D eigenvalue weighted by Gasteiger charge is -2.13. The van der Waals surface area contributed by atoms with Crippen LogP contribution in [0.15, 0.2) is 59.8 Å². The Morgan fingerprint density at radius 1 is 1.00 bits per heavy atom. The maximum Gasteiger partial charge on any atom is 0.158 e. The fourth-order valence-corrected chi connectivity index (χ4v) is 1.68. The van der Waals surface area contributed by atoms with Crippen molar-refractivity contribution >= 4 is 0 Å². The van der Waals surface area contributed by atoms with Crippen LogP contribution >= 0.6 is 0 Å². The van der Waals surface area contributed by atoms with Gasteiger partial charge in [-0.2, -0.15) is 0 Å². The molecule has 0 bridgehead atoms. The Labute approximate surface area is 128 Å². The fraction of sp³-hybridized carbons (Fsp3) is 0.474. The topological polar surface area (TPSA) is 0 Å². The summed E-state index contributed by atoms with van der Waals surface area (Å²) in [5.41, 5.74) is 2.54. The predicted octanol–water partition coefficient (Wildman–Crippen LogP) is 6.84. The molecule has 0 heterocycles. The van der Waals surface area contributed by atoms with E-state index in [0.717, 1.165) is 18.1 Å². The van der Waals surface area contributed by atoms with E-state index in [1.165, 1.54) is 12.0 Å². The molecule has 0 aliphatic rings. The molecule has 0 spiro atoms. The Kier molecular flexibility index (Phi) is 8.84. The highest BCUT2D eigenvalue weighted by atomic mass is 19.2. The summed E-state index contributed by atoms with van der Waals surface area (Å²) < 4.78 is 25.7. The zero-order valence-electron chi connectivity index (χ0n) is 14.0. The van der Waals surface area contributed by atoms with Gasteiger partial charge >= 0.3 is 0 Å². The van der Waals surface area contributed by atoms with Gasteiger partial charge < -0.3 is 0 Å². The third-order valence-electron chi connectivity index (χ3n) is 3.62. The van der Waals surface area contributed by atoms with E-state index in [9.17, 15) is 8.78 Å². The number of hydrogen-bond acceptors (Lipinski definition) is 0. The van der Waals surface area contributed by atoms with Crippen molar-refractivity contribution in [3.8, 4) is 0 Å². The molecule has 1 atom stereocenters. The van der Waals surface area contributed by atoms with E-state index in [1.807, 2.05) is 19.1 Å². The van der Waals surface area contributed by atoms with Crippen molar-refractivity contribution in [1.29, 1.82) is 0 Å². The molecular weight excluding hydrogens is 266 g/mol. The number of allylic oxidation sites excluding steroid dienone is 8. The molecule has 118 valence electrons. The molecule has 2 heteroatoms. The molecule has 0 aromatic carbocycles. The first-order valence-corrected chi connectivity index (χ1v) is 7.41. The number of rotatable bonds is 8. The Morgan fingerprint density at radius 3 is 2.05 bits per heavy atom. The first kappa shape index (κ1) is 19.6. The Balaban J connectivity index is 4.76. The molecule has 0 aliphatic heterocycles. The van der Waals surface area contributed by atoms with E-state index in [4.69, 9.17) is 0 Å². The van der Waals surface area contributed by atoms with Gasteiger partial charge in [0.05, 0.1) is 0 Å². The molecule has 0 aromatic rings. The van der Waals surface area contributed by atoms with Crippen LogP contribution in [0.1, 0.15) is 47.5 Å². The van der Waals surface area contributed by atoms with Gasteiger partial charge in [0.1, 0.15) is 0 Å². The van der Waals surface area contributed by atoms with Gasteiger partial charge in [-0.1, -0.05) is 58.1 Å². The van der Waals surface area contributed by atoms with Crippen molar-refractivity contribution in [1.82, 2.24) is 0 Å². The summed E-state index contributed by atoms with van der Waals surface area (Å²) in [7, 11) is 0. The smallest absolute Gasteiger partial charge is 0.158 e. The second-order valence-corrected chi connectivity index (χ2v) is 6.06. The summed E-state index contributed by atoms with van der Waals surface area (Å²) in [6, 6.07) is 0. The van der Waals surface area contributed by atoms with E-state index in [-0.39, 0.29) is 0 Å². The first-order valence-electron chi connectivity index (χ1n) is 7.41. The zero-order valence-corrected chi connectivity index (χ0v) is 14.0. The van der Waals surface area contributed by atoms with E-state index in [0.29, 0.717) is 17.4 Å². The average molecular weight is 294 g/mol. The van der Waals surface area contributed by atoms with Crippen LogP contribution in [0.25, 0.3) is 0 Å². The van der Waals surface area contributed by atoms with Gasteiger partial charge in [0, 0.05) is 0 Å². The third kappa shape index (κ3) is 8.44. The molecule has 0 rings (SSSR count). The Hall–Kier alpha value is -1.44. The predicted molar refractivity (Wildman–Crippen MR) is 89.3 cm³/mol. The lowest BCUT2D eigenvalue weighted by atomic mass is 9.93. The van der Waals surface area contributed by atoms with Gasteiger partial charge in [0.15, 0.2) is 11.7 Å². The molecule has 21 heavy (non-hydrogen) atoms. The summed E-state index contributed by atoms with van der Waals surface area (Å²) in [4.78, 5) is 0. The molecule has 0 aromatic heterocycles. The lowest BCUT2D eigenvalue weighted by Crippen LogP contribution is -1.99. The summed E-state index contributed by atoms with van der Waals surface area (Å²) >= 11 is 0. The normalized spacial score (nSPS) is 15.3. The Bertz CT molecular complexity index is 462. The maximum atomic E-state index is 13.1. The van der Waals surface area contributed by atoms with Gasteiger partial charge in [-0.25, -0.2) is 8.78 Å². The van der Waals surface area contributed by atoms with Crippen molar-refractivity contribution in [3.63, 3.8) is 0 Å². The van der Waals surface area contributed by atoms with Crippen molar-refractivity contribution in [2.24, 2.45) is 11.8 Å². The quantitative estimate of drug-likeness (QED) is 0.430. The monoisotopic (exact) mass is 294 g/mol. The van der Waals surface area contributed by atoms with Crippen LogP contribution in [0, 0.1) is 11.8 Å². The fourth-order valence-electron chi connectivity index (χ4n) is 1.68. The summed E-state index contributed by atoms with van der Waals surface area (Å²) in [6.45, 7) is 17.2. The Morgan fingerprint density at radius 2 is 1.57 bits per heavy atom. The number of halogens is 2. The standard InChI is InChI=1S/C19H28F2/c1-13(2)8-9-14(3)15(4)10-11-16(5)17(6)12-19(21)18(7)20/h10-14H,6-9H2,1-5H3/b15-10+,16-11+,19-12+. The van der Waals surface area contributed by atoms with Crippen molar-refractivity contribution in [2.75, 3.05) is 0 Å². The van der Waals surface area contributed by atoms with Crippen LogP contribution in [0.4, 0.5) is 8.78 Å². The van der Waals surface area contributed by atoms with Crippen LogP contribution in [0.3, 0.4) is 0 Å². The second kappa shape index (κ2) is 9.49. The van der Waals surface area contributed by atoms with Gasteiger partial charge in [0.2, 0.25) is 0 Å². The molecule has 0 nitrogen and oxygen atoms in total. The highest BCUT2D eigenvalue weighted by Gasteiger charge is 2.05. The van der Waals surface area contributed by atoms with E-state index in [2.05, 4.69) is 40.9 Å². The molecule has 0 saturated carbocycles. The molecular formula is C19H28F2. The molecule has 0 N–H and O–H groups in total. The van der Waals surface area contributed by atoms with E-state index >= 15 is 0 Å². The molecule has 0 saturated heterocycles. The first-order chi connectivity index (χ1) is 9.65. The highest BCUT2D eigenvalue weighted by Crippen LogP contribution is 2.21. The lowest BCUT2D eigenvalue weighted by molar-refractivity contribution is 0.489. The van der Waals surface area contributed by atoms with Gasteiger partial charge in [-0.05, 0) is 49.3 Å². The molecule has 0 fully saturated rings. The minimum Gasteiger partial charge on any atom is -0.204 e. The van der Waals surface area contributed by atoms with Crippen LogP contribution in [-0.2, 0) is 0 Å². The van der Waals surface area contributed by atoms with Gasteiger partial charge in [-0.3, -0.25) is 0 Å². The molecule has 0 aliphatic carbocycles. The summed E-state index contributed by atoms with van der Waals surface area (Å²) in [5.74, 6) is -0.821. The molecule has 1 unspecified atom stereocenters. The van der Waals surface area contributed by atoms with Crippen molar-refractivity contribution in [3.05, 3.63) is 59.8 Å². The largest absolute Gasteiger partial charge is 0.204 e. The molecule has 0 amide bonds. The van der Waals surface area contributed by atoms with Crippen LogP contribution < -0.4 is 0 Å². The van der Waals surface area contributed by atoms with E-state index < -0.39 is 11.7 Å².